The van der Waals surface area contributed by atoms with Gasteiger partial charge in [0.1, 0.15) is 11.5 Å². The Morgan fingerprint density at radius 2 is 1.96 bits per heavy atom. The molecule has 1 aliphatic heterocycles. The molecule has 0 aliphatic carbocycles. The van der Waals surface area contributed by atoms with Crippen molar-refractivity contribution < 1.29 is 9.53 Å². The maximum absolute atomic E-state index is 12.4. The van der Waals surface area contributed by atoms with Gasteiger partial charge in [0, 0.05) is 18.2 Å². The van der Waals surface area contributed by atoms with Gasteiger partial charge in [0.25, 0.3) is 5.91 Å². The molecule has 1 fully saturated rings. The van der Waals surface area contributed by atoms with Gasteiger partial charge in [-0.2, -0.15) is 0 Å². The summed E-state index contributed by atoms with van der Waals surface area (Å²) in [4.78, 5) is 14.8. The van der Waals surface area contributed by atoms with E-state index in [0.29, 0.717) is 23.9 Å². The van der Waals surface area contributed by atoms with Crippen LogP contribution in [0.2, 0.25) is 0 Å². The lowest BCUT2D eigenvalue weighted by atomic mass is 10.1. The highest BCUT2D eigenvalue weighted by molar-refractivity contribution is 5.94. The number of nitrogens with one attached hydrogen (secondary N) is 1. The summed E-state index contributed by atoms with van der Waals surface area (Å²) < 4.78 is 5.79. The molecule has 1 heterocycles. The van der Waals surface area contributed by atoms with E-state index in [0.717, 1.165) is 25.3 Å². The van der Waals surface area contributed by atoms with Gasteiger partial charge in [-0.1, -0.05) is 31.2 Å². The molecule has 4 heteroatoms. The van der Waals surface area contributed by atoms with Crippen LogP contribution >= 0.6 is 0 Å². The molecule has 1 amide bonds. The Balaban J connectivity index is 1.60. The number of hydrogen-bond donors (Lipinski definition) is 1. The zero-order valence-corrected chi connectivity index (χ0v) is 14.1. The van der Waals surface area contributed by atoms with E-state index in [4.69, 9.17) is 4.74 Å². The van der Waals surface area contributed by atoms with Crippen LogP contribution in [0.15, 0.2) is 54.6 Å². The molecule has 4 nitrogen and oxygen atoms in total. The molecule has 0 saturated carbocycles. The van der Waals surface area contributed by atoms with Crippen molar-refractivity contribution in [2.24, 2.45) is 0 Å². The van der Waals surface area contributed by atoms with Gasteiger partial charge in [0.15, 0.2) is 0 Å². The van der Waals surface area contributed by atoms with Crippen molar-refractivity contribution in [2.45, 2.75) is 25.8 Å². The van der Waals surface area contributed by atoms with Gasteiger partial charge in [0.05, 0.1) is 0 Å². The van der Waals surface area contributed by atoms with Gasteiger partial charge in [-0.25, -0.2) is 0 Å². The van der Waals surface area contributed by atoms with Crippen LogP contribution in [0.4, 0.5) is 0 Å². The summed E-state index contributed by atoms with van der Waals surface area (Å²) in [7, 11) is 0. The standard InChI is InChI=1S/C20H24N2O2/c1-2-22-13-7-9-17(22)15-21-20(23)16-8-6-12-19(14-16)24-18-10-4-3-5-11-18/h3-6,8,10-12,14,17H,2,7,9,13,15H2,1H3,(H,21,23). The average molecular weight is 324 g/mol. The van der Waals surface area contributed by atoms with Crippen molar-refractivity contribution in [3.63, 3.8) is 0 Å². The normalized spacial score (nSPS) is 17.6. The fourth-order valence-corrected chi connectivity index (χ4v) is 3.18. The summed E-state index contributed by atoms with van der Waals surface area (Å²) >= 11 is 0. The quantitative estimate of drug-likeness (QED) is 0.881. The van der Waals surface area contributed by atoms with Crippen molar-refractivity contribution in [3.05, 3.63) is 60.2 Å². The summed E-state index contributed by atoms with van der Waals surface area (Å²) in [6.45, 7) is 5.05. The summed E-state index contributed by atoms with van der Waals surface area (Å²) in [5.74, 6) is 1.39. The van der Waals surface area contributed by atoms with Crippen LogP contribution in [0.1, 0.15) is 30.1 Å². The van der Waals surface area contributed by atoms with Crippen LogP contribution in [-0.2, 0) is 0 Å². The van der Waals surface area contributed by atoms with Crippen molar-refractivity contribution in [1.82, 2.24) is 10.2 Å². The number of carbonyl (C=O) groups excluding carboxylic acids is 1. The van der Waals surface area contributed by atoms with E-state index in [-0.39, 0.29) is 5.91 Å². The first-order chi connectivity index (χ1) is 11.8. The predicted molar refractivity (Wildman–Crippen MR) is 95.6 cm³/mol. The Labute approximate surface area is 143 Å². The largest absolute Gasteiger partial charge is 0.457 e. The molecule has 0 radical (unpaired) electrons. The van der Waals surface area contributed by atoms with E-state index in [1.165, 1.54) is 6.42 Å². The molecule has 24 heavy (non-hydrogen) atoms. The Morgan fingerprint density at radius 1 is 1.17 bits per heavy atom. The highest BCUT2D eigenvalue weighted by atomic mass is 16.5. The predicted octanol–water partition coefficient (Wildman–Crippen LogP) is 3.69. The minimum absolute atomic E-state index is 0.0449. The molecule has 1 saturated heterocycles. The van der Waals surface area contributed by atoms with E-state index in [1.807, 2.05) is 48.5 Å². The Kier molecular flexibility index (Phi) is 5.49. The first-order valence-corrected chi connectivity index (χ1v) is 8.61. The lowest BCUT2D eigenvalue weighted by Gasteiger charge is -2.22. The monoisotopic (exact) mass is 324 g/mol. The molecule has 1 N–H and O–H groups in total. The molecule has 1 aliphatic rings. The topological polar surface area (TPSA) is 41.6 Å². The van der Waals surface area contributed by atoms with Crippen molar-refractivity contribution in [2.75, 3.05) is 19.6 Å². The number of amides is 1. The molecule has 0 aromatic heterocycles. The molecular formula is C20H24N2O2. The van der Waals surface area contributed by atoms with Crippen LogP contribution < -0.4 is 10.1 Å². The van der Waals surface area contributed by atoms with E-state index in [2.05, 4.69) is 17.1 Å². The number of benzene rings is 2. The second-order valence-electron chi connectivity index (χ2n) is 6.08. The molecule has 0 bridgehead atoms. The first-order valence-electron chi connectivity index (χ1n) is 8.61. The molecule has 1 atom stereocenters. The van der Waals surface area contributed by atoms with E-state index >= 15 is 0 Å². The van der Waals surface area contributed by atoms with Gasteiger partial charge >= 0.3 is 0 Å². The fourth-order valence-electron chi connectivity index (χ4n) is 3.18. The Hall–Kier alpha value is -2.33. The highest BCUT2D eigenvalue weighted by Crippen LogP contribution is 2.22. The van der Waals surface area contributed by atoms with Crippen LogP contribution in [0.3, 0.4) is 0 Å². The van der Waals surface area contributed by atoms with Gasteiger partial charge in [-0.3, -0.25) is 9.69 Å². The molecule has 126 valence electrons. The lowest BCUT2D eigenvalue weighted by molar-refractivity contribution is 0.0941. The molecule has 2 aromatic carbocycles. The zero-order valence-electron chi connectivity index (χ0n) is 14.1. The summed E-state index contributed by atoms with van der Waals surface area (Å²) in [6, 6.07) is 17.4. The molecule has 0 spiro atoms. The number of carbonyl (C=O) groups is 1. The number of rotatable bonds is 6. The van der Waals surface area contributed by atoms with E-state index in [1.54, 1.807) is 6.07 Å². The smallest absolute Gasteiger partial charge is 0.251 e. The van der Waals surface area contributed by atoms with Gasteiger partial charge in [-0.05, 0) is 56.3 Å². The van der Waals surface area contributed by atoms with Crippen LogP contribution in [-0.4, -0.2) is 36.5 Å². The maximum atomic E-state index is 12.4. The number of nitrogens with zero attached hydrogens (tertiary/aromatic N) is 1. The summed E-state index contributed by atoms with van der Waals surface area (Å²) in [6.07, 6.45) is 2.38. The molecule has 3 rings (SSSR count). The lowest BCUT2D eigenvalue weighted by Crippen LogP contribution is -2.40. The van der Waals surface area contributed by atoms with E-state index in [9.17, 15) is 4.79 Å². The Morgan fingerprint density at radius 3 is 2.75 bits per heavy atom. The van der Waals surface area contributed by atoms with Gasteiger partial charge < -0.3 is 10.1 Å². The molecule has 2 aromatic rings. The minimum atomic E-state index is -0.0449. The van der Waals surface area contributed by atoms with Crippen LogP contribution in [0, 0.1) is 0 Å². The number of likely N-dealkylation sites (N-methyl/N-ethyl adjacent to an activating group) is 1. The van der Waals surface area contributed by atoms with Gasteiger partial charge in [-0.15, -0.1) is 0 Å². The van der Waals surface area contributed by atoms with E-state index < -0.39 is 0 Å². The second kappa shape index (κ2) is 7.97. The third-order valence-electron chi connectivity index (χ3n) is 4.48. The molecular weight excluding hydrogens is 300 g/mol. The summed E-state index contributed by atoms with van der Waals surface area (Å²) in [5, 5.41) is 3.06. The van der Waals surface area contributed by atoms with Crippen LogP contribution in [0.25, 0.3) is 0 Å². The number of ether oxygens (including phenoxy) is 1. The van der Waals surface area contributed by atoms with Crippen molar-refractivity contribution in [1.29, 1.82) is 0 Å². The summed E-state index contributed by atoms with van der Waals surface area (Å²) in [5.41, 5.74) is 0.629. The van der Waals surface area contributed by atoms with Gasteiger partial charge in [0.2, 0.25) is 0 Å². The van der Waals surface area contributed by atoms with Crippen molar-refractivity contribution >= 4 is 5.91 Å². The number of likely N-dealkylation sites (tertiary alicyclic amines) is 1. The Bertz CT molecular complexity index is 672. The van der Waals surface area contributed by atoms with Crippen LogP contribution in [0.5, 0.6) is 11.5 Å². The average Bonchev–Trinajstić information content (AvgIpc) is 3.08. The second-order valence-corrected chi connectivity index (χ2v) is 6.08. The SMILES string of the molecule is CCN1CCCC1CNC(=O)c1cccc(Oc2ccccc2)c1. The zero-order chi connectivity index (χ0) is 16.8. The fraction of sp³-hybridized carbons (Fsp3) is 0.350. The number of para-hydroxylation sites is 1. The highest BCUT2D eigenvalue weighted by Gasteiger charge is 2.23. The molecule has 1 unspecified atom stereocenters. The first kappa shape index (κ1) is 16.5. The third kappa shape index (κ3) is 4.15. The van der Waals surface area contributed by atoms with Crippen molar-refractivity contribution in [3.8, 4) is 11.5 Å². The number of hydrogen-bond acceptors (Lipinski definition) is 3. The minimum Gasteiger partial charge on any atom is -0.457 e. The third-order valence-corrected chi connectivity index (χ3v) is 4.48. The maximum Gasteiger partial charge on any atom is 0.251 e.